The molecule has 132 valence electrons. The van der Waals surface area contributed by atoms with Gasteiger partial charge in [0.1, 0.15) is 5.60 Å². The maximum atomic E-state index is 12.6. The molecule has 3 rings (SSSR count). The van der Waals surface area contributed by atoms with Crippen LogP contribution in [0.3, 0.4) is 0 Å². The summed E-state index contributed by atoms with van der Waals surface area (Å²) >= 11 is 0. The zero-order valence-corrected chi connectivity index (χ0v) is 15.4. The number of benzene rings is 1. The van der Waals surface area contributed by atoms with Gasteiger partial charge >= 0.3 is 6.09 Å². The third kappa shape index (κ3) is 3.92. The Morgan fingerprint density at radius 3 is 2.79 bits per heavy atom. The summed E-state index contributed by atoms with van der Waals surface area (Å²) in [5, 5.41) is 3.69. The summed E-state index contributed by atoms with van der Waals surface area (Å²) in [6, 6.07) is 6.96. The van der Waals surface area contributed by atoms with Gasteiger partial charge in [-0.25, -0.2) is 4.79 Å². The van der Waals surface area contributed by atoms with Crippen LogP contribution in [0, 0.1) is 5.92 Å². The van der Waals surface area contributed by atoms with E-state index in [1.54, 1.807) is 0 Å². The van der Waals surface area contributed by atoms with Gasteiger partial charge in [0.15, 0.2) is 0 Å². The Hall–Kier alpha value is -1.55. The van der Waals surface area contributed by atoms with Crippen LogP contribution in [0.15, 0.2) is 18.2 Å². The predicted octanol–water partition coefficient (Wildman–Crippen LogP) is 4.26. The quantitative estimate of drug-likeness (QED) is 0.900. The minimum atomic E-state index is -0.465. The Labute approximate surface area is 145 Å². The zero-order chi connectivity index (χ0) is 17.3. The lowest BCUT2D eigenvalue weighted by Crippen LogP contribution is -2.36. The molecule has 1 aromatic carbocycles. The van der Waals surface area contributed by atoms with Gasteiger partial charge in [0, 0.05) is 19.1 Å². The van der Waals surface area contributed by atoms with E-state index in [2.05, 4.69) is 30.4 Å². The maximum absolute atomic E-state index is 12.6. The lowest BCUT2D eigenvalue weighted by Gasteiger charge is -2.26. The normalized spacial score (nSPS) is 23.4. The first kappa shape index (κ1) is 17.3. The van der Waals surface area contributed by atoms with Crippen LogP contribution >= 0.6 is 0 Å². The lowest BCUT2D eigenvalue weighted by atomic mass is 10.1. The standard InChI is InChI=1S/C20H30N2O2/c1-14-8-9-17(12-14)21-13-16-7-5-6-15-10-11-22(18(15)16)19(23)24-20(2,3)4/h5-7,14,17,21H,8-13H2,1-4H3. The number of ether oxygens (including phenoxy) is 1. The Balaban J connectivity index is 1.73. The van der Waals surface area contributed by atoms with Gasteiger partial charge in [0.05, 0.1) is 5.69 Å². The van der Waals surface area contributed by atoms with Crippen LogP contribution in [0.1, 0.15) is 58.1 Å². The molecule has 1 N–H and O–H groups in total. The molecule has 0 bridgehead atoms. The number of carbonyl (C=O) groups is 1. The van der Waals surface area contributed by atoms with Crippen LogP contribution in [0.25, 0.3) is 0 Å². The molecule has 1 aromatic rings. The number of nitrogens with one attached hydrogen (secondary N) is 1. The first-order valence-corrected chi connectivity index (χ1v) is 9.18. The van der Waals surface area contributed by atoms with Crippen molar-refractivity contribution in [1.82, 2.24) is 5.32 Å². The smallest absolute Gasteiger partial charge is 0.414 e. The summed E-state index contributed by atoms with van der Waals surface area (Å²) < 4.78 is 5.59. The van der Waals surface area contributed by atoms with E-state index < -0.39 is 5.60 Å². The first-order valence-electron chi connectivity index (χ1n) is 9.18. The molecule has 2 atom stereocenters. The minimum absolute atomic E-state index is 0.233. The Kier molecular flexibility index (Phi) is 4.86. The van der Waals surface area contributed by atoms with Crippen molar-refractivity contribution in [2.24, 2.45) is 5.92 Å². The zero-order valence-electron chi connectivity index (χ0n) is 15.4. The maximum Gasteiger partial charge on any atom is 0.414 e. The molecule has 4 heteroatoms. The molecule has 0 spiro atoms. The number of anilines is 1. The summed E-state index contributed by atoms with van der Waals surface area (Å²) in [5.74, 6) is 0.822. The van der Waals surface area contributed by atoms with E-state index >= 15 is 0 Å². The van der Waals surface area contributed by atoms with Gasteiger partial charge in [-0.15, -0.1) is 0 Å². The minimum Gasteiger partial charge on any atom is -0.443 e. The van der Waals surface area contributed by atoms with Crippen molar-refractivity contribution in [1.29, 1.82) is 0 Å². The van der Waals surface area contributed by atoms with Crippen LogP contribution in [0.2, 0.25) is 0 Å². The molecule has 24 heavy (non-hydrogen) atoms. The van der Waals surface area contributed by atoms with Crippen molar-refractivity contribution in [3.05, 3.63) is 29.3 Å². The molecule has 1 saturated carbocycles. The average molecular weight is 330 g/mol. The topological polar surface area (TPSA) is 41.6 Å². The second-order valence-electron chi connectivity index (χ2n) is 8.30. The highest BCUT2D eigenvalue weighted by Crippen LogP contribution is 2.33. The number of hydrogen-bond donors (Lipinski definition) is 1. The molecular formula is C20H30N2O2. The van der Waals surface area contributed by atoms with Crippen molar-refractivity contribution >= 4 is 11.8 Å². The van der Waals surface area contributed by atoms with Gasteiger partial charge in [-0.1, -0.05) is 25.1 Å². The fourth-order valence-electron chi connectivity index (χ4n) is 3.83. The van der Waals surface area contributed by atoms with E-state index in [9.17, 15) is 4.79 Å². The Morgan fingerprint density at radius 2 is 2.12 bits per heavy atom. The molecule has 2 unspecified atom stereocenters. The molecular weight excluding hydrogens is 300 g/mol. The van der Waals surface area contributed by atoms with Gasteiger partial charge in [0.25, 0.3) is 0 Å². The SMILES string of the molecule is CC1CCC(NCc2cccc3c2N(C(=O)OC(C)(C)C)CC3)C1. The van der Waals surface area contributed by atoms with Crippen LogP contribution in [0.5, 0.6) is 0 Å². The van der Waals surface area contributed by atoms with E-state index in [1.165, 1.54) is 30.4 Å². The van der Waals surface area contributed by atoms with Crippen molar-refractivity contribution in [3.63, 3.8) is 0 Å². The number of hydrogen-bond acceptors (Lipinski definition) is 3. The third-order valence-corrected chi connectivity index (χ3v) is 4.97. The third-order valence-electron chi connectivity index (χ3n) is 4.97. The second-order valence-corrected chi connectivity index (χ2v) is 8.30. The lowest BCUT2D eigenvalue weighted by molar-refractivity contribution is 0.0583. The first-order chi connectivity index (χ1) is 11.3. The highest BCUT2D eigenvalue weighted by Gasteiger charge is 2.31. The summed E-state index contributed by atoms with van der Waals surface area (Å²) in [5.41, 5.74) is 3.05. The van der Waals surface area contributed by atoms with E-state index in [0.717, 1.165) is 24.6 Å². The van der Waals surface area contributed by atoms with E-state index in [-0.39, 0.29) is 6.09 Å². The number of amides is 1. The molecule has 4 nitrogen and oxygen atoms in total. The number of para-hydroxylation sites is 1. The van der Waals surface area contributed by atoms with E-state index in [1.807, 2.05) is 25.7 Å². The molecule has 2 aliphatic rings. The molecule has 0 saturated heterocycles. The van der Waals surface area contributed by atoms with E-state index in [4.69, 9.17) is 4.74 Å². The van der Waals surface area contributed by atoms with Gasteiger partial charge in [-0.3, -0.25) is 4.90 Å². The van der Waals surface area contributed by atoms with Crippen LogP contribution in [-0.4, -0.2) is 24.3 Å². The van der Waals surface area contributed by atoms with Gasteiger partial charge < -0.3 is 10.1 Å². The molecule has 1 heterocycles. The fraction of sp³-hybridized carbons (Fsp3) is 0.650. The second kappa shape index (κ2) is 6.75. The fourth-order valence-corrected chi connectivity index (χ4v) is 3.83. The number of nitrogens with zero attached hydrogens (tertiary/aromatic N) is 1. The Bertz CT molecular complexity index is 606. The summed E-state index contributed by atoms with van der Waals surface area (Å²) in [6.45, 7) is 9.59. The molecule has 0 radical (unpaired) electrons. The number of carbonyl (C=O) groups excluding carboxylic acids is 1. The van der Waals surface area contributed by atoms with Crippen molar-refractivity contribution < 1.29 is 9.53 Å². The van der Waals surface area contributed by atoms with Crippen LogP contribution in [-0.2, 0) is 17.7 Å². The van der Waals surface area contributed by atoms with Gasteiger partial charge in [-0.2, -0.15) is 0 Å². The summed E-state index contributed by atoms with van der Waals surface area (Å²) in [4.78, 5) is 14.4. The van der Waals surface area contributed by atoms with Crippen molar-refractivity contribution in [3.8, 4) is 0 Å². The number of fused-ring (bicyclic) bond motifs is 1. The highest BCUT2D eigenvalue weighted by atomic mass is 16.6. The molecule has 1 aliphatic heterocycles. The largest absolute Gasteiger partial charge is 0.443 e. The average Bonchev–Trinajstić information content (AvgIpc) is 3.09. The molecule has 1 amide bonds. The summed E-state index contributed by atoms with van der Waals surface area (Å²) in [6.07, 6.45) is 4.50. The van der Waals surface area contributed by atoms with Crippen LogP contribution < -0.4 is 10.2 Å². The van der Waals surface area contributed by atoms with Gasteiger partial charge in [-0.05, 0) is 63.5 Å². The highest BCUT2D eigenvalue weighted by molar-refractivity contribution is 5.91. The predicted molar refractivity (Wildman–Crippen MR) is 97.4 cm³/mol. The van der Waals surface area contributed by atoms with Gasteiger partial charge in [0.2, 0.25) is 0 Å². The summed E-state index contributed by atoms with van der Waals surface area (Å²) in [7, 11) is 0. The van der Waals surface area contributed by atoms with E-state index in [0.29, 0.717) is 12.6 Å². The monoisotopic (exact) mass is 330 g/mol. The van der Waals surface area contributed by atoms with Crippen LogP contribution in [0.4, 0.5) is 10.5 Å². The number of rotatable bonds is 3. The van der Waals surface area contributed by atoms with Crippen molar-refractivity contribution in [2.45, 2.75) is 71.6 Å². The Morgan fingerprint density at radius 1 is 1.33 bits per heavy atom. The van der Waals surface area contributed by atoms with Crippen molar-refractivity contribution in [2.75, 3.05) is 11.4 Å². The molecule has 1 fully saturated rings. The molecule has 1 aliphatic carbocycles. The molecule has 0 aromatic heterocycles.